The van der Waals surface area contributed by atoms with Crippen LogP contribution in [0.15, 0.2) is 29.6 Å². The van der Waals surface area contributed by atoms with E-state index in [2.05, 4.69) is 4.98 Å². The highest BCUT2D eigenvalue weighted by atomic mass is 32.1. The van der Waals surface area contributed by atoms with Gasteiger partial charge in [-0.05, 0) is 24.3 Å². The smallest absolute Gasteiger partial charge is 0.296 e. The Morgan fingerprint density at radius 2 is 1.36 bits per heavy atom. The van der Waals surface area contributed by atoms with Crippen molar-refractivity contribution >= 4 is 22.4 Å². The molecule has 1 aromatic heterocycles. The van der Waals surface area contributed by atoms with Gasteiger partial charge in [-0.25, -0.2) is 18.2 Å². The van der Waals surface area contributed by atoms with Crippen molar-refractivity contribution in [2.45, 2.75) is 36.0 Å². The van der Waals surface area contributed by atoms with E-state index in [1.165, 1.54) is 0 Å². The van der Waals surface area contributed by atoms with Crippen LogP contribution in [0, 0.1) is 5.82 Å². The van der Waals surface area contributed by atoms with Gasteiger partial charge in [0, 0.05) is 10.9 Å². The number of halogens is 13. The zero-order valence-corrected chi connectivity index (χ0v) is 16.0. The van der Waals surface area contributed by atoms with Crippen LogP contribution in [0.1, 0.15) is 0 Å². The zero-order chi connectivity index (χ0) is 25.6. The van der Waals surface area contributed by atoms with E-state index < -0.39 is 52.9 Å². The predicted octanol–water partition coefficient (Wildman–Crippen LogP) is 6.33. The van der Waals surface area contributed by atoms with E-state index in [1.54, 1.807) is 0 Å². The van der Waals surface area contributed by atoms with Gasteiger partial charge in [-0.3, -0.25) is 10.1 Å². The molecule has 0 saturated heterocycles. The average molecular weight is 522 g/mol. The molecule has 2 aromatic rings. The number of nitrogens with one attached hydrogen (secondary N) is 1. The maximum Gasteiger partial charge on any atom is 0.393 e. The van der Waals surface area contributed by atoms with E-state index in [1.807, 2.05) is 0 Å². The molecule has 33 heavy (non-hydrogen) atoms. The van der Waals surface area contributed by atoms with Crippen molar-refractivity contribution in [2.75, 3.05) is 5.32 Å². The number of thiazole rings is 1. The molecule has 3 nitrogen and oxygen atoms in total. The van der Waals surface area contributed by atoms with Crippen molar-refractivity contribution in [3.63, 3.8) is 0 Å². The van der Waals surface area contributed by atoms with E-state index >= 15 is 0 Å². The number of benzene rings is 1. The van der Waals surface area contributed by atoms with Crippen molar-refractivity contribution in [2.24, 2.45) is 0 Å². The van der Waals surface area contributed by atoms with Gasteiger partial charge in [-0.1, -0.05) is 0 Å². The first-order valence-electron chi connectivity index (χ1n) is 8.01. The first kappa shape index (κ1) is 26.7. The van der Waals surface area contributed by atoms with E-state index in [4.69, 9.17) is 0 Å². The quantitative estimate of drug-likeness (QED) is 0.412. The Morgan fingerprint density at radius 1 is 0.848 bits per heavy atom. The fourth-order valence-corrected chi connectivity index (χ4v) is 2.86. The van der Waals surface area contributed by atoms with Crippen molar-refractivity contribution < 1.29 is 61.9 Å². The van der Waals surface area contributed by atoms with Crippen LogP contribution in [0.2, 0.25) is 0 Å². The molecule has 0 radical (unpaired) electrons. The van der Waals surface area contributed by atoms with Crippen LogP contribution in [0.3, 0.4) is 0 Å². The molecule has 1 N–H and O–H groups in total. The highest BCUT2D eigenvalue weighted by Gasteiger charge is 2.89. The van der Waals surface area contributed by atoms with Gasteiger partial charge in [-0.2, -0.15) is 43.9 Å². The number of hydrogen-bond donors (Lipinski definition) is 1. The molecular weight excluding hydrogens is 515 g/mol. The molecule has 0 atom stereocenters. The summed E-state index contributed by atoms with van der Waals surface area (Å²) in [5.74, 6) is -41.1. The maximum absolute atomic E-state index is 13.8. The van der Waals surface area contributed by atoms with Gasteiger partial charge in [0.15, 0.2) is 5.13 Å². The van der Waals surface area contributed by atoms with Gasteiger partial charge in [0.1, 0.15) is 5.82 Å². The lowest BCUT2D eigenvalue weighted by atomic mass is 9.94. The molecule has 0 fully saturated rings. The third-order valence-electron chi connectivity index (χ3n) is 4.03. The van der Waals surface area contributed by atoms with Crippen LogP contribution in [-0.2, 0) is 4.79 Å². The largest absolute Gasteiger partial charge is 0.393 e. The van der Waals surface area contributed by atoms with E-state index in [-0.39, 0.29) is 22.6 Å². The summed E-state index contributed by atoms with van der Waals surface area (Å²) in [5.41, 5.74) is -0.0375. The molecule has 1 heterocycles. The Bertz CT molecular complexity index is 1000. The number of hydrogen-bond acceptors (Lipinski definition) is 3. The molecule has 0 saturated carbocycles. The van der Waals surface area contributed by atoms with Crippen LogP contribution in [0.4, 0.5) is 62.2 Å². The summed E-state index contributed by atoms with van der Waals surface area (Å²) in [6, 6.07) is 4.09. The molecule has 0 aliphatic heterocycles. The zero-order valence-electron chi connectivity index (χ0n) is 15.1. The summed E-state index contributed by atoms with van der Waals surface area (Å²) in [6.07, 6.45) is -5.64. The Hall–Kier alpha value is -2.59. The van der Waals surface area contributed by atoms with Crippen molar-refractivity contribution in [1.29, 1.82) is 0 Å². The van der Waals surface area contributed by atoms with Crippen molar-refractivity contribution in [3.8, 4) is 11.3 Å². The van der Waals surface area contributed by atoms with Gasteiger partial charge in [0.2, 0.25) is 0 Å². The van der Waals surface area contributed by atoms with Gasteiger partial charge in [-0.15, -0.1) is 11.3 Å². The second-order valence-electron chi connectivity index (χ2n) is 6.22. The minimum atomic E-state index is -7.82. The lowest BCUT2D eigenvalue weighted by Crippen LogP contribution is -2.70. The average Bonchev–Trinajstić information content (AvgIpc) is 3.16. The summed E-state index contributed by atoms with van der Waals surface area (Å²) in [4.78, 5) is 14.9. The third-order valence-corrected chi connectivity index (χ3v) is 4.78. The van der Waals surface area contributed by atoms with E-state index in [9.17, 15) is 61.9 Å². The lowest BCUT2D eigenvalue weighted by molar-refractivity contribution is -0.406. The second kappa shape index (κ2) is 8.32. The Morgan fingerprint density at radius 3 is 1.85 bits per heavy atom. The molecule has 184 valence electrons. The van der Waals surface area contributed by atoms with Crippen LogP contribution >= 0.6 is 11.3 Å². The molecule has 0 unspecified atom stereocenters. The van der Waals surface area contributed by atoms with E-state index in [0.29, 0.717) is 0 Å². The summed E-state index contributed by atoms with van der Waals surface area (Å²) in [5, 5.41) is 0.975. The number of anilines is 1. The standard InChI is InChI=1S/C16H7F13N2OS/c17-7-3-1-6(2-4-7)8-5-33-11(30-8)31-10(32)13(22,23)15(26,27)16(28,29)14(24,25)12(20,21)9(18)19/h1-5,9H,(H,30,31,32). The highest BCUT2D eigenvalue weighted by Crippen LogP contribution is 2.58. The third kappa shape index (κ3) is 4.21. The van der Waals surface area contributed by atoms with Gasteiger partial charge in [0.05, 0.1) is 5.69 Å². The minimum Gasteiger partial charge on any atom is -0.296 e. The topological polar surface area (TPSA) is 42.0 Å². The molecule has 1 aromatic carbocycles. The predicted molar refractivity (Wildman–Crippen MR) is 86.9 cm³/mol. The van der Waals surface area contributed by atoms with Crippen LogP contribution in [0.25, 0.3) is 11.3 Å². The fraction of sp³-hybridized carbons (Fsp3) is 0.375. The van der Waals surface area contributed by atoms with Crippen LogP contribution < -0.4 is 5.32 Å². The van der Waals surface area contributed by atoms with Crippen LogP contribution in [0.5, 0.6) is 0 Å². The number of amides is 1. The molecule has 2 rings (SSSR count). The lowest BCUT2D eigenvalue weighted by Gasteiger charge is -2.38. The first-order valence-corrected chi connectivity index (χ1v) is 8.88. The van der Waals surface area contributed by atoms with E-state index in [0.717, 1.165) is 35.0 Å². The molecule has 0 aliphatic carbocycles. The minimum absolute atomic E-state index is 0.116. The number of alkyl halides is 12. The van der Waals surface area contributed by atoms with Crippen molar-refractivity contribution in [3.05, 3.63) is 35.5 Å². The summed E-state index contributed by atoms with van der Waals surface area (Å²) in [7, 11) is 0. The Kier molecular flexibility index (Phi) is 6.72. The normalized spacial score (nSPS) is 14.0. The molecular formula is C16H7F13N2OS. The molecule has 0 spiro atoms. The first-order chi connectivity index (χ1) is 14.8. The second-order valence-corrected chi connectivity index (χ2v) is 7.08. The molecule has 0 aliphatic rings. The summed E-state index contributed by atoms with van der Waals surface area (Å²) in [6.45, 7) is 0. The monoisotopic (exact) mass is 522 g/mol. The number of rotatable bonds is 8. The fourth-order valence-electron chi connectivity index (χ4n) is 2.14. The highest BCUT2D eigenvalue weighted by molar-refractivity contribution is 7.14. The van der Waals surface area contributed by atoms with Crippen molar-refractivity contribution in [1.82, 2.24) is 4.98 Å². The SMILES string of the molecule is O=C(Nc1nc(-c2ccc(F)cc2)cs1)C(F)(F)C(F)(F)C(F)(F)C(F)(F)C(F)(F)C(F)F. The van der Waals surface area contributed by atoms with Gasteiger partial charge in [0.25, 0.3) is 0 Å². The summed E-state index contributed by atoms with van der Waals surface area (Å²) < 4.78 is 171. The number of nitrogens with zero attached hydrogens (tertiary/aromatic N) is 1. The Labute approximate surface area is 178 Å². The number of aromatic nitrogens is 1. The van der Waals surface area contributed by atoms with Crippen LogP contribution in [-0.4, -0.2) is 46.9 Å². The molecule has 17 heteroatoms. The number of carbonyl (C=O) groups is 1. The van der Waals surface area contributed by atoms with Gasteiger partial charge < -0.3 is 0 Å². The molecule has 0 bridgehead atoms. The molecule has 1 amide bonds. The van der Waals surface area contributed by atoms with Gasteiger partial charge >= 0.3 is 41.9 Å². The number of carbonyl (C=O) groups excluding carboxylic acids is 1. The summed E-state index contributed by atoms with van der Waals surface area (Å²) >= 11 is 0.255. The maximum atomic E-state index is 13.8. The Balaban J connectivity index is 2.33.